The number of hydrogen-bond donors (Lipinski definition) is 1. The van der Waals surface area contributed by atoms with Crippen LogP contribution in [0.3, 0.4) is 0 Å². The summed E-state index contributed by atoms with van der Waals surface area (Å²) in [7, 11) is 2.15. The summed E-state index contributed by atoms with van der Waals surface area (Å²) in [4.78, 5) is 29.8. The molecule has 3 aromatic heterocycles. The highest BCUT2D eigenvalue weighted by molar-refractivity contribution is 5.77. The Hall–Kier alpha value is -3.52. The molecule has 8 nitrogen and oxygen atoms in total. The lowest BCUT2D eigenvalue weighted by atomic mass is 9.92. The fourth-order valence-electron chi connectivity index (χ4n) is 4.61. The van der Waals surface area contributed by atoms with Gasteiger partial charge in [0, 0.05) is 42.1 Å². The van der Waals surface area contributed by atoms with Crippen molar-refractivity contribution in [3.8, 4) is 5.82 Å². The molecule has 0 saturated carbocycles. The first-order valence-electron chi connectivity index (χ1n) is 12.2. The van der Waals surface area contributed by atoms with Crippen LogP contribution in [0.1, 0.15) is 57.5 Å². The SMILES string of the molecule is CC(C)n1c(=O)c2cnc(Nc3ccc4c(c3)CCN(C)C4)nc2n1-c1cccc(C(C)(C)C)n1. The molecule has 0 unspecified atom stereocenters. The molecule has 1 N–H and O–H groups in total. The van der Waals surface area contributed by atoms with Gasteiger partial charge >= 0.3 is 0 Å². The molecule has 5 rings (SSSR count). The van der Waals surface area contributed by atoms with Crippen molar-refractivity contribution in [2.75, 3.05) is 18.9 Å². The summed E-state index contributed by atoms with van der Waals surface area (Å²) in [6.45, 7) is 12.4. The van der Waals surface area contributed by atoms with Gasteiger partial charge in [0.05, 0.1) is 0 Å². The van der Waals surface area contributed by atoms with Crippen LogP contribution in [0.2, 0.25) is 0 Å². The van der Waals surface area contributed by atoms with Crippen molar-refractivity contribution in [1.29, 1.82) is 0 Å². The summed E-state index contributed by atoms with van der Waals surface area (Å²) in [5.74, 6) is 1.12. The summed E-state index contributed by atoms with van der Waals surface area (Å²) in [6, 6.07) is 12.2. The minimum atomic E-state index is -0.123. The third-order valence-corrected chi connectivity index (χ3v) is 6.50. The molecule has 0 fully saturated rings. The lowest BCUT2D eigenvalue weighted by Gasteiger charge is -2.25. The molecule has 182 valence electrons. The van der Waals surface area contributed by atoms with Crippen molar-refractivity contribution in [2.24, 2.45) is 0 Å². The molecule has 0 amide bonds. The van der Waals surface area contributed by atoms with Gasteiger partial charge in [-0.15, -0.1) is 0 Å². The maximum atomic E-state index is 13.3. The van der Waals surface area contributed by atoms with Crippen LogP contribution < -0.4 is 10.9 Å². The fraction of sp³-hybridized carbons (Fsp3) is 0.407. The zero-order chi connectivity index (χ0) is 24.9. The van der Waals surface area contributed by atoms with E-state index in [-0.39, 0.29) is 17.0 Å². The van der Waals surface area contributed by atoms with Crippen molar-refractivity contribution < 1.29 is 0 Å². The van der Waals surface area contributed by atoms with Gasteiger partial charge in [0.15, 0.2) is 11.5 Å². The molecule has 0 saturated heterocycles. The molecule has 35 heavy (non-hydrogen) atoms. The quantitative estimate of drug-likeness (QED) is 0.469. The maximum absolute atomic E-state index is 13.3. The van der Waals surface area contributed by atoms with Gasteiger partial charge < -0.3 is 10.2 Å². The van der Waals surface area contributed by atoms with Gasteiger partial charge in [0.2, 0.25) is 5.95 Å². The molecule has 4 heterocycles. The van der Waals surface area contributed by atoms with E-state index in [2.05, 4.69) is 61.2 Å². The number of hydrogen-bond acceptors (Lipinski definition) is 6. The minimum absolute atomic E-state index is 0.0769. The van der Waals surface area contributed by atoms with E-state index in [9.17, 15) is 4.79 Å². The van der Waals surface area contributed by atoms with Gasteiger partial charge in [-0.05, 0) is 62.7 Å². The van der Waals surface area contributed by atoms with Crippen molar-refractivity contribution >= 4 is 22.7 Å². The second kappa shape index (κ2) is 8.61. The highest BCUT2D eigenvalue weighted by atomic mass is 16.1. The first-order valence-corrected chi connectivity index (χ1v) is 12.2. The van der Waals surface area contributed by atoms with Gasteiger partial charge in [-0.25, -0.2) is 19.3 Å². The molecule has 4 aromatic rings. The van der Waals surface area contributed by atoms with Crippen molar-refractivity contribution in [3.05, 3.63) is 69.8 Å². The number of nitrogens with one attached hydrogen (secondary N) is 1. The zero-order valence-electron chi connectivity index (χ0n) is 21.3. The van der Waals surface area contributed by atoms with E-state index in [4.69, 9.17) is 9.97 Å². The van der Waals surface area contributed by atoms with Gasteiger partial charge in [0.25, 0.3) is 5.56 Å². The van der Waals surface area contributed by atoms with Crippen LogP contribution in [0.4, 0.5) is 11.6 Å². The molecule has 0 atom stereocenters. The Labute approximate surface area is 205 Å². The number of likely N-dealkylation sites (N-methyl/N-ethyl adjacent to an activating group) is 1. The van der Waals surface area contributed by atoms with E-state index in [1.165, 1.54) is 11.1 Å². The fourth-order valence-corrected chi connectivity index (χ4v) is 4.61. The first-order chi connectivity index (χ1) is 16.6. The molecule has 0 aliphatic carbocycles. The summed E-state index contributed by atoms with van der Waals surface area (Å²) < 4.78 is 3.53. The summed E-state index contributed by atoms with van der Waals surface area (Å²) in [6.07, 6.45) is 2.64. The van der Waals surface area contributed by atoms with Crippen molar-refractivity contribution in [1.82, 2.24) is 29.2 Å². The Bertz CT molecular complexity index is 1460. The first kappa shape index (κ1) is 23.2. The van der Waals surface area contributed by atoms with E-state index in [0.717, 1.165) is 30.9 Å². The lowest BCUT2D eigenvalue weighted by Crippen LogP contribution is -2.26. The average molecular weight is 472 g/mol. The predicted octanol–water partition coefficient (Wildman–Crippen LogP) is 4.59. The normalized spacial score (nSPS) is 14.5. The Morgan fingerprint density at radius 2 is 1.86 bits per heavy atom. The second-order valence-corrected chi connectivity index (χ2v) is 10.7. The molecule has 0 radical (unpaired) electrons. The predicted molar refractivity (Wildman–Crippen MR) is 140 cm³/mol. The van der Waals surface area contributed by atoms with Crippen LogP contribution in [0.15, 0.2) is 47.4 Å². The number of pyridine rings is 1. The lowest BCUT2D eigenvalue weighted by molar-refractivity contribution is 0.313. The Morgan fingerprint density at radius 1 is 1.06 bits per heavy atom. The molecule has 8 heteroatoms. The molecule has 1 aliphatic heterocycles. The van der Waals surface area contributed by atoms with E-state index < -0.39 is 0 Å². The largest absolute Gasteiger partial charge is 0.324 e. The minimum Gasteiger partial charge on any atom is -0.324 e. The van der Waals surface area contributed by atoms with Crippen LogP contribution in [0.25, 0.3) is 16.9 Å². The highest BCUT2D eigenvalue weighted by Crippen LogP contribution is 2.26. The van der Waals surface area contributed by atoms with Crippen molar-refractivity contribution in [2.45, 2.75) is 59.0 Å². The van der Waals surface area contributed by atoms with Crippen LogP contribution in [-0.2, 0) is 18.4 Å². The van der Waals surface area contributed by atoms with Gasteiger partial charge in [-0.2, -0.15) is 4.98 Å². The summed E-state index contributed by atoms with van der Waals surface area (Å²) >= 11 is 0. The molecule has 1 aliphatic rings. The molecule has 1 aromatic carbocycles. The zero-order valence-corrected chi connectivity index (χ0v) is 21.3. The summed E-state index contributed by atoms with van der Waals surface area (Å²) in [5.41, 5.74) is 4.89. The van der Waals surface area contributed by atoms with E-state index in [1.54, 1.807) is 10.9 Å². The van der Waals surface area contributed by atoms with Crippen LogP contribution in [0.5, 0.6) is 0 Å². The third kappa shape index (κ3) is 4.34. The second-order valence-electron chi connectivity index (χ2n) is 10.7. The van der Waals surface area contributed by atoms with Crippen LogP contribution >= 0.6 is 0 Å². The number of benzene rings is 1. The third-order valence-electron chi connectivity index (χ3n) is 6.50. The smallest absolute Gasteiger partial charge is 0.278 e. The topological polar surface area (TPSA) is 80.9 Å². The molecular formula is C27H33N7O. The van der Waals surface area contributed by atoms with Gasteiger partial charge in [-0.3, -0.25) is 4.79 Å². The number of fused-ring (bicyclic) bond motifs is 2. The number of anilines is 2. The van der Waals surface area contributed by atoms with Gasteiger partial charge in [0.1, 0.15) is 5.39 Å². The average Bonchev–Trinajstić information content (AvgIpc) is 3.10. The highest BCUT2D eigenvalue weighted by Gasteiger charge is 2.22. The number of rotatable bonds is 4. The van der Waals surface area contributed by atoms with E-state index >= 15 is 0 Å². The van der Waals surface area contributed by atoms with E-state index in [0.29, 0.717) is 22.8 Å². The van der Waals surface area contributed by atoms with E-state index in [1.807, 2.05) is 36.7 Å². The molecule has 0 bridgehead atoms. The van der Waals surface area contributed by atoms with Crippen LogP contribution in [-0.4, -0.2) is 42.8 Å². The summed E-state index contributed by atoms with van der Waals surface area (Å²) in [5, 5.41) is 3.82. The number of aromatic nitrogens is 5. The Balaban J connectivity index is 1.60. The van der Waals surface area contributed by atoms with Crippen LogP contribution in [0, 0.1) is 0 Å². The molecule has 0 spiro atoms. The standard InChI is InChI=1S/C27H33N7O/c1-17(2)33-25(35)21-15-28-26(29-20-11-10-19-16-32(6)13-12-18(19)14-20)31-24(21)34(33)23-9-7-8-22(30-23)27(3,4)5/h7-11,14-15,17H,12-13,16H2,1-6H3,(H,28,29,31). The monoisotopic (exact) mass is 471 g/mol. The maximum Gasteiger partial charge on any atom is 0.278 e. The number of nitrogens with zero attached hydrogens (tertiary/aromatic N) is 6. The molecular weight excluding hydrogens is 438 g/mol. The van der Waals surface area contributed by atoms with Crippen molar-refractivity contribution in [3.63, 3.8) is 0 Å². The Morgan fingerprint density at radius 3 is 2.60 bits per heavy atom. The Kier molecular flexibility index (Phi) is 5.71. The van der Waals surface area contributed by atoms with Gasteiger partial charge in [-0.1, -0.05) is 32.9 Å².